The molecule has 7 nitrogen and oxygen atoms in total. The Morgan fingerprint density at radius 3 is 2.73 bits per heavy atom. The molecule has 0 bridgehead atoms. The molecule has 0 aromatic heterocycles. The number of rotatable bonds is 1. The molecule has 3 atom stereocenters. The van der Waals surface area contributed by atoms with E-state index in [1.807, 2.05) is 20.8 Å². The summed E-state index contributed by atoms with van der Waals surface area (Å²) in [6.45, 7) is 10.0. The summed E-state index contributed by atoms with van der Waals surface area (Å²) in [5, 5.41) is 0. The van der Waals surface area contributed by atoms with E-state index < -0.39 is 17.7 Å². The molecule has 1 aromatic rings. The van der Waals surface area contributed by atoms with Gasteiger partial charge in [0.1, 0.15) is 17.5 Å². The molecule has 164 valence electrons. The quantitative estimate of drug-likeness (QED) is 0.651. The lowest BCUT2D eigenvalue weighted by Gasteiger charge is -2.46. The van der Waals surface area contributed by atoms with Gasteiger partial charge in [-0.3, -0.25) is 4.90 Å². The summed E-state index contributed by atoms with van der Waals surface area (Å²) in [5.41, 5.74) is 0.658. The van der Waals surface area contributed by atoms with Crippen LogP contribution in [-0.2, 0) is 20.6 Å². The Bertz CT molecular complexity index is 853. The number of nitrogens with zero attached hydrogens (tertiary/aromatic N) is 2. The number of cyclic esters (lactones) is 1. The van der Waals surface area contributed by atoms with Gasteiger partial charge in [0.05, 0.1) is 24.3 Å². The van der Waals surface area contributed by atoms with E-state index in [-0.39, 0.29) is 24.1 Å². The molecule has 0 aliphatic carbocycles. The first-order chi connectivity index (χ1) is 14.1. The van der Waals surface area contributed by atoms with Gasteiger partial charge in [-0.05, 0) is 33.8 Å². The molecule has 3 aliphatic rings. The molecule has 0 saturated carbocycles. The number of fused-ring (bicyclic) bond motifs is 2. The van der Waals surface area contributed by atoms with Crippen LogP contribution in [0.15, 0.2) is 12.1 Å². The van der Waals surface area contributed by atoms with Crippen LogP contribution >= 0.6 is 0 Å². The van der Waals surface area contributed by atoms with Crippen molar-refractivity contribution in [2.24, 2.45) is 0 Å². The number of amides is 1. The van der Waals surface area contributed by atoms with E-state index in [1.54, 1.807) is 24.0 Å². The van der Waals surface area contributed by atoms with Gasteiger partial charge in [-0.15, -0.1) is 0 Å². The highest BCUT2D eigenvalue weighted by molar-refractivity contribution is 5.92. The normalized spacial score (nSPS) is 27.2. The Morgan fingerprint density at radius 1 is 1.23 bits per heavy atom. The third kappa shape index (κ3) is 4.16. The second-order valence-electron chi connectivity index (χ2n) is 9.31. The minimum atomic E-state index is -0.531. The Morgan fingerprint density at radius 2 is 2.00 bits per heavy atom. The first-order valence-corrected chi connectivity index (χ1v) is 10.5. The summed E-state index contributed by atoms with van der Waals surface area (Å²) >= 11 is 0. The van der Waals surface area contributed by atoms with Crippen molar-refractivity contribution >= 4 is 12.1 Å². The van der Waals surface area contributed by atoms with Gasteiger partial charge in [0.2, 0.25) is 0 Å². The van der Waals surface area contributed by atoms with Crippen molar-refractivity contribution < 1.29 is 28.2 Å². The van der Waals surface area contributed by atoms with E-state index in [2.05, 4.69) is 4.90 Å². The van der Waals surface area contributed by atoms with Crippen molar-refractivity contribution in [1.29, 1.82) is 0 Å². The van der Waals surface area contributed by atoms with Gasteiger partial charge in [-0.25, -0.2) is 14.0 Å². The summed E-state index contributed by atoms with van der Waals surface area (Å²) in [4.78, 5) is 28.3. The van der Waals surface area contributed by atoms with E-state index in [9.17, 15) is 9.59 Å². The topological polar surface area (TPSA) is 68.3 Å². The Hall–Kier alpha value is -2.19. The number of carbonyl (C=O) groups is 2. The third-order valence-corrected chi connectivity index (χ3v) is 5.79. The van der Waals surface area contributed by atoms with Crippen LogP contribution in [0.4, 0.5) is 9.18 Å². The van der Waals surface area contributed by atoms with Gasteiger partial charge in [0.15, 0.2) is 0 Å². The standard InChI is InChI=1S/C22H29FN2O5/c1-13-9-17-15(20(26)29-13)5-6-16(19(17)23)18-11-24-7-8-25(10-14(24)12-28-18)21(27)30-22(2,3)4/h5-6,13-14,18H,7-12H2,1-4H3/t13-,14?,18+/m0/s1. The van der Waals surface area contributed by atoms with Crippen LogP contribution in [-0.4, -0.2) is 72.4 Å². The fourth-order valence-electron chi connectivity index (χ4n) is 4.32. The van der Waals surface area contributed by atoms with Crippen LogP contribution in [0.3, 0.4) is 0 Å². The lowest BCUT2D eigenvalue weighted by Crippen LogP contribution is -2.60. The van der Waals surface area contributed by atoms with Crippen LogP contribution in [0.5, 0.6) is 0 Å². The zero-order valence-electron chi connectivity index (χ0n) is 17.9. The van der Waals surface area contributed by atoms with Crippen molar-refractivity contribution in [3.8, 4) is 0 Å². The van der Waals surface area contributed by atoms with Gasteiger partial charge < -0.3 is 19.1 Å². The highest BCUT2D eigenvalue weighted by atomic mass is 19.1. The maximum Gasteiger partial charge on any atom is 0.410 e. The molecule has 1 unspecified atom stereocenters. The summed E-state index contributed by atoms with van der Waals surface area (Å²) in [7, 11) is 0. The van der Waals surface area contributed by atoms with Gasteiger partial charge in [-0.1, -0.05) is 6.07 Å². The second-order valence-corrected chi connectivity index (χ2v) is 9.31. The molecule has 1 aromatic carbocycles. The molecule has 2 saturated heterocycles. The zero-order chi connectivity index (χ0) is 21.6. The number of ether oxygens (including phenoxy) is 3. The number of hydrogen-bond acceptors (Lipinski definition) is 6. The molecule has 30 heavy (non-hydrogen) atoms. The van der Waals surface area contributed by atoms with Gasteiger partial charge >= 0.3 is 12.1 Å². The van der Waals surface area contributed by atoms with Crippen molar-refractivity contribution in [2.75, 3.05) is 32.8 Å². The number of carbonyl (C=O) groups excluding carboxylic acids is 2. The molecule has 8 heteroatoms. The average molecular weight is 420 g/mol. The molecule has 3 aliphatic heterocycles. The lowest BCUT2D eigenvalue weighted by molar-refractivity contribution is -0.0916. The van der Waals surface area contributed by atoms with E-state index in [1.165, 1.54) is 0 Å². The fraction of sp³-hybridized carbons (Fsp3) is 0.636. The second kappa shape index (κ2) is 7.81. The molecule has 3 heterocycles. The number of morpholine rings is 1. The number of benzene rings is 1. The molecule has 0 radical (unpaired) electrons. The SMILES string of the molecule is C[C@H]1Cc2c(ccc([C@H]3CN4CCN(C(=O)OC(C)(C)C)CC4CO3)c2F)C(=O)O1. The summed E-state index contributed by atoms with van der Waals surface area (Å²) in [5.74, 6) is -0.844. The first-order valence-electron chi connectivity index (χ1n) is 10.5. The van der Waals surface area contributed by atoms with Crippen LogP contribution in [0, 0.1) is 5.82 Å². The van der Waals surface area contributed by atoms with E-state index >= 15 is 4.39 Å². The summed E-state index contributed by atoms with van der Waals surface area (Å²) in [6.07, 6.45) is -0.698. The largest absolute Gasteiger partial charge is 0.459 e. The number of hydrogen-bond donors (Lipinski definition) is 0. The molecule has 4 rings (SSSR count). The highest BCUT2D eigenvalue weighted by Gasteiger charge is 2.38. The molecule has 0 spiro atoms. The highest BCUT2D eigenvalue weighted by Crippen LogP contribution is 2.33. The molecule has 1 amide bonds. The summed E-state index contributed by atoms with van der Waals surface area (Å²) < 4.78 is 31.9. The smallest absolute Gasteiger partial charge is 0.410 e. The minimum absolute atomic E-state index is 0.0539. The minimum Gasteiger partial charge on any atom is -0.459 e. The van der Waals surface area contributed by atoms with Crippen molar-refractivity contribution in [1.82, 2.24) is 9.80 Å². The Balaban J connectivity index is 1.44. The molecular formula is C22H29FN2O5. The van der Waals surface area contributed by atoms with E-state index in [4.69, 9.17) is 14.2 Å². The number of esters is 1. The van der Waals surface area contributed by atoms with Crippen LogP contribution in [0.1, 0.15) is 55.3 Å². The average Bonchev–Trinajstić information content (AvgIpc) is 2.66. The summed E-state index contributed by atoms with van der Waals surface area (Å²) in [6, 6.07) is 3.32. The van der Waals surface area contributed by atoms with Crippen LogP contribution in [0.2, 0.25) is 0 Å². The lowest BCUT2D eigenvalue weighted by atomic mass is 9.93. The molecule has 0 N–H and O–H groups in total. The van der Waals surface area contributed by atoms with E-state index in [0.29, 0.717) is 55.9 Å². The van der Waals surface area contributed by atoms with Gasteiger partial charge in [-0.2, -0.15) is 0 Å². The van der Waals surface area contributed by atoms with Crippen LogP contribution in [0.25, 0.3) is 0 Å². The first kappa shape index (κ1) is 21.1. The Labute approximate surface area is 176 Å². The maximum absolute atomic E-state index is 15.3. The molecular weight excluding hydrogens is 391 g/mol. The monoisotopic (exact) mass is 420 g/mol. The molecule has 2 fully saturated rings. The predicted molar refractivity (Wildman–Crippen MR) is 107 cm³/mol. The number of piperazine rings is 1. The zero-order valence-corrected chi connectivity index (χ0v) is 17.9. The Kier molecular flexibility index (Phi) is 5.48. The van der Waals surface area contributed by atoms with Crippen molar-refractivity contribution in [3.05, 3.63) is 34.6 Å². The van der Waals surface area contributed by atoms with Crippen molar-refractivity contribution in [2.45, 2.75) is 58.0 Å². The maximum atomic E-state index is 15.3. The van der Waals surface area contributed by atoms with Gasteiger partial charge in [0.25, 0.3) is 0 Å². The van der Waals surface area contributed by atoms with Crippen molar-refractivity contribution in [3.63, 3.8) is 0 Å². The third-order valence-electron chi connectivity index (χ3n) is 5.79. The van der Waals surface area contributed by atoms with Crippen LogP contribution < -0.4 is 0 Å². The predicted octanol–water partition coefficient (Wildman–Crippen LogP) is 2.92. The van der Waals surface area contributed by atoms with Gasteiger partial charge in [0, 0.05) is 43.7 Å². The fourth-order valence-corrected chi connectivity index (χ4v) is 4.32. The number of halogens is 1. The van der Waals surface area contributed by atoms with E-state index in [0.717, 1.165) is 0 Å².